The molecule has 2 aromatic rings. The van der Waals surface area contributed by atoms with Gasteiger partial charge in [0.05, 0.1) is 6.54 Å². The summed E-state index contributed by atoms with van der Waals surface area (Å²) < 4.78 is 15.0. The molecular formula is C23H27FN4O4. The first kappa shape index (κ1) is 23.2. The first-order valence-electron chi connectivity index (χ1n) is 10.5. The predicted molar refractivity (Wildman–Crippen MR) is 116 cm³/mol. The molecule has 0 aliphatic carbocycles. The van der Waals surface area contributed by atoms with Crippen molar-refractivity contribution in [3.05, 3.63) is 65.0 Å². The van der Waals surface area contributed by atoms with Gasteiger partial charge >= 0.3 is 6.09 Å². The lowest BCUT2D eigenvalue weighted by Gasteiger charge is -2.35. The number of carboxylic acid groups (broad SMARTS) is 1. The van der Waals surface area contributed by atoms with E-state index in [0.717, 1.165) is 10.5 Å². The van der Waals surface area contributed by atoms with Gasteiger partial charge in [0.25, 0.3) is 11.8 Å². The smallest absolute Gasteiger partial charge is 0.407 e. The fourth-order valence-electron chi connectivity index (χ4n) is 3.82. The highest BCUT2D eigenvalue weighted by molar-refractivity contribution is 5.98. The number of likely N-dealkylation sites (tertiary alicyclic amines) is 1. The van der Waals surface area contributed by atoms with E-state index in [-0.39, 0.29) is 37.2 Å². The average Bonchev–Trinajstić information content (AvgIpc) is 2.78. The monoisotopic (exact) mass is 442 g/mol. The van der Waals surface area contributed by atoms with Crippen molar-refractivity contribution in [2.24, 2.45) is 0 Å². The van der Waals surface area contributed by atoms with E-state index in [0.29, 0.717) is 25.1 Å². The highest BCUT2D eigenvalue weighted by Crippen LogP contribution is 2.28. The van der Waals surface area contributed by atoms with E-state index in [4.69, 9.17) is 5.11 Å². The average molecular weight is 442 g/mol. The Kier molecular flexibility index (Phi) is 7.40. The third-order valence-corrected chi connectivity index (χ3v) is 5.48. The molecule has 1 atom stereocenters. The maximum Gasteiger partial charge on any atom is 0.407 e. The quantitative estimate of drug-likeness (QED) is 0.610. The molecule has 3 amide bonds. The number of amides is 3. The molecule has 32 heavy (non-hydrogen) atoms. The van der Waals surface area contributed by atoms with Gasteiger partial charge in [-0.15, -0.1) is 0 Å². The summed E-state index contributed by atoms with van der Waals surface area (Å²) in [5.74, 6) is -0.853. The number of carbonyl (C=O) groups is 3. The number of pyridine rings is 1. The van der Waals surface area contributed by atoms with Gasteiger partial charge in [0, 0.05) is 44.2 Å². The van der Waals surface area contributed by atoms with Gasteiger partial charge in [0.2, 0.25) is 0 Å². The number of nitrogens with zero attached hydrogens (tertiary/aromatic N) is 2. The van der Waals surface area contributed by atoms with E-state index in [9.17, 15) is 14.4 Å². The Balaban J connectivity index is 1.69. The Hall–Kier alpha value is -3.49. The van der Waals surface area contributed by atoms with Gasteiger partial charge in [0.15, 0.2) is 0 Å². The summed E-state index contributed by atoms with van der Waals surface area (Å²) in [6.07, 6.45) is 0.0148. The third-order valence-electron chi connectivity index (χ3n) is 5.48. The molecule has 1 aliphatic heterocycles. The van der Waals surface area contributed by atoms with Crippen LogP contribution in [0.25, 0.3) is 0 Å². The first-order valence-corrected chi connectivity index (χ1v) is 10.5. The Morgan fingerprint density at radius 1 is 1.19 bits per heavy atom. The number of rotatable bonds is 7. The molecule has 3 N–H and O–H groups in total. The van der Waals surface area contributed by atoms with E-state index < -0.39 is 23.6 Å². The van der Waals surface area contributed by atoms with Crippen molar-refractivity contribution in [1.82, 2.24) is 20.5 Å². The zero-order chi connectivity index (χ0) is 23.1. The lowest BCUT2D eigenvalue weighted by atomic mass is 9.91. The number of piperidine rings is 1. The van der Waals surface area contributed by atoms with Crippen molar-refractivity contribution in [1.29, 1.82) is 0 Å². The van der Waals surface area contributed by atoms with E-state index in [2.05, 4.69) is 15.6 Å². The second-order valence-corrected chi connectivity index (χ2v) is 7.94. The lowest BCUT2D eigenvalue weighted by Crippen LogP contribution is -2.48. The Morgan fingerprint density at radius 3 is 2.62 bits per heavy atom. The Morgan fingerprint density at radius 2 is 1.94 bits per heavy atom. The summed E-state index contributed by atoms with van der Waals surface area (Å²) in [6, 6.07) is 12.6. The predicted octanol–water partition coefficient (Wildman–Crippen LogP) is 2.63. The number of halogens is 1. The Labute approximate surface area is 185 Å². The molecule has 2 heterocycles. The van der Waals surface area contributed by atoms with Gasteiger partial charge in [-0.1, -0.05) is 30.3 Å². The van der Waals surface area contributed by atoms with Gasteiger partial charge in [-0.3, -0.25) is 9.59 Å². The van der Waals surface area contributed by atoms with Gasteiger partial charge < -0.3 is 20.6 Å². The topological polar surface area (TPSA) is 112 Å². The minimum absolute atomic E-state index is 0.00673. The zero-order valence-corrected chi connectivity index (χ0v) is 17.9. The van der Waals surface area contributed by atoms with Crippen LogP contribution >= 0.6 is 0 Å². The fraction of sp³-hybridized carbons (Fsp3) is 0.391. The molecule has 0 bridgehead atoms. The first-order chi connectivity index (χ1) is 15.3. The van der Waals surface area contributed by atoms with E-state index in [1.54, 1.807) is 6.07 Å². The van der Waals surface area contributed by atoms with Crippen molar-refractivity contribution in [2.75, 3.05) is 26.7 Å². The number of aromatic nitrogens is 1. The summed E-state index contributed by atoms with van der Waals surface area (Å²) in [5.41, 5.74) is 0.257. The van der Waals surface area contributed by atoms with Gasteiger partial charge in [-0.25, -0.2) is 14.2 Å². The maximum absolute atomic E-state index is 15.0. The van der Waals surface area contributed by atoms with Crippen LogP contribution in [-0.4, -0.2) is 65.2 Å². The van der Waals surface area contributed by atoms with E-state index >= 15 is 4.39 Å². The molecule has 8 nitrogen and oxygen atoms in total. The van der Waals surface area contributed by atoms with Crippen LogP contribution < -0.4 is 10.6 Å². The van der Waals surface area contributed by atoms with Crippen molar-refractivity contribution in [2.45, 2.75) is 31.4 Å². The molecule has 1 aliphatic rings. The van der Waals surface area contributed by atoms with Crippen LogP contribution in [0.2, 0.25) is 0 Å². The minimum Gasteiger partial charge on any atom is -0.465 e. The zero-order valence-electron chi connectivity index (χ0n) is 17.9. The molecule has 170 valence electrons. The third kappa shape index (κ3) is 6.03. The van der Waals surface area contributed by atoms with Crippen molar-refractivity contribution in [3.8, 4) is 0 Å². The molecule has 1 saturated heterocycles. The highest BCUT2D eigenvalue weighted by Gasteiger charge is 2.37. The number of hydrogen-bond acceptors (Lipinski definition) is 4. The van der Waals surface area contributed by atoms with Crippen LogP contribution in [-0.2, 0) is 6.42 Å². The van der Waals surface area contributed by atoms with Crippen LogP contribution in [0.3, 0.4) is 0 Å². The van der Waals surface area contributed by atoms with Crippen LogP contribution in [0.4, 0.5) is 9.18 Å². The van der Waals surface area contributed by atoms with Gasteiger partial charge in [-0.2, -0.15) is 0 Å². The molecular weight excluding hydrogens is 415 g/mol. The minimum atomic E-state index is -1.67. The summed E-state index contributed by atoms with van der Waals surface area (Å²) in [6.45, 7) is 0.167. The lowest BCUT2D eigenvalue weighted by molar-refractivity contribution is 0.0391. The number of benzene rings is 1. The molecule has 1 aromatic carbocycles. The van der Waals surface area contributed by atoms with E-state index in [1.807, 2.05) is 30.3 Å². The summed E-state index contributed by atoms with van der Waals surface area (Å²) in [5, 5.41) is 14.3. The van der Waals surface area contributed by atoms with Crippen LogP contribution in [0, 0.1) is 0 Å². The highest BCUT2D eigenvalue weighted by atomic mass is 19.1. The SMILES string of the molecule is CNC(=O)c1cc(C(=O)NCCC2(F)CCCN(C(=O)O)C2)cc(Cc2ccccc2)n1. The number of nitrogens with one attached hydrogen (secondary N) is 2. The Bertz CT molecular complexity index is 985. The second-order valence-electron chi connectivity index (χ2n) is 7.94. The van der Waals surface area contributed by atoms with Gasteiger partial charge in [-0.05, 0) is 30.5 Å². The maximum atomic E-state index is 15.0. The molecule has 3 rings (SSSR count). The number of carbonyl (C=O) groups excluding carboxylic acids is 2. The van der Waals surface area contributed by atoms with E-state index in [1.165, 1.54) is 13.1 Å². The molecule has 9 heteroatoms. The second kappa shape index (κ2) is 10.2. The number of alkyl halides is 1. The largest absolute Gasteiger partial charge is 0.465 e. The van der Waals surface area contributed by atoms with Crippen molar-refractivity contribution < 1.29 is 23.9 Å². The molecule has 0 spiro atoms. The van der Waals surface area contributed by atoms with Crippen LogP contribution in [0.15, 0.2) is 42.5 Å². The fourth-order valence-corrected chi connectivity index (χ4v) is 3.82. The normalized spacial score (nSPS) is 18.1. The standard InChI is InChI=1S/C23H27FN4O4/c1-25-21(30)19-14-17(13-18(27-19)12-16-6-3-2-4-7-16)20(29)26-10-9-23(24)8-5-11-28(15-23)22(31)32/h2-4,6-7,13-14H,5,8-12,15H2,1H3,(H,25,30)(H,26,29)(H,31,32). The van der Waals surface area contributed by atoms with Crippen molar-refractivity contribution in [3.63, 3.8) is 0 Å². The molecule has 1 unspecified atom stereocenters. The van der Waals surface area contributed by atoms with Crippen LogP contribution in [0.1, 0.15) is 51.4 Å². The molecule has 0 saturated carbocycles. The number of hydrogen-bond donors (Lipinski definition) is 3. The molecule has 1 aromatic heterocycles. The summed E-state index contributed by atoms with van der Waals surface area (Å²) >= 11 is 0. The van der Waals surface area contributed by atoms with Gasteiger partial charge in [0.1, 0.15) is 11.4 Å². The molecule has 1 fully saturated rings. The van der Waals surface area contributed by atoms with Crippen LogP contribution in [0.5, 0.6) is 0 Å². The molecule has 0 radical (unpaired) electrons. The summed E-state index contributed by atoms with van der Waals surface area (Å²) in [4.78, 5) is 41.4. The summed E-state index contributed by atoms with van der Waals surface area (Å²) in [7, 11) is 1.49. The van der Waals surface area contributed by atoms with Crippen molar-refractivity contribution >= 4 is 17.9 Å².